The van der Waals surface area contributed by atoms with E-state index in [1.807, 2.05) is 19.1 Å². The highest BCUT2D eigenvalue weighted by atomic mass is 35.5. The molecule has 0 aromatic heterocycles. The van der Waals surface area contributed by atoms with Crippen molar-refractivity contribution < 1.29 is 14.3 Å². The van der Waals surface area contributed by atoms with E-state index in [-0.39, 0.29) is 23.7 Å². The van der Waals surface area contributed by atoms with Gasteiger partial charge in [-0.1, -0.05) is 17.7 Å². The average Bonchev–Trinajstić information content (AvgIpc) is 3.32. The van der Waals surface area contributed by atoms with Crippen LogP contribution in [-0.2, 0) is 14.3 Å². The molecule has 0 bridgehead atoms. The molecular weight excluding hydrogens is 304 g/mol. The van der Waals surface area contributed by atoms with Gasteiger partial charge in [0.25, 0.3) is 0 Å². The summed E-state index contributed by atoms with van der Waals surface area (Å²) >= 11 is 6.05. The number of carbonyl (C=O) groups is 2. The topological polar surface area (TPSA) is 58.6 Å². The van der Waals surface area contributed by atoms with E-state index in [9.17, 15) is 9.59 Å². The number of benzene rings is 1. The fourth-order valence-electron chi connectivity index (χ4n) is 2.68. The van der Waals surface area contributed by atoms with Gasteiger partial charge >= 0.3 is 0 Å². The summed E-state index contributed by atoms with van der Waals surface area (Å²) in [5.41, 5.74) is 1.64. The number of carbonyl (C=O) groups excluding carboxylic acids is 2. The third-order valence-electron chi connectivity index (χ3n) is 4.21. The van der Waals surface area contributed by atoms with Gasteiger partial charge in [-0.3, -0.25) is 9.59 Å². The molecule has 2 amide bonds. The molecule has 1 N–H and O–H groups in total. The lowest BCUT2D eigenvalue weighted by Gasteiger charge is -2.27. The number of halogens is 1. The van der Waals surface area contributed by atoms with Gasteiger partial charge in [0, 0.05) is 23.8 Å². The number of anilines is 1. The average molecular weight is 323 g/mol. The van der Waals surface area contributed by atoms with E-state index in [1.165, 1.54) is 0 Å². The summed E-state index contributed by atoms with van der Waals surface area (Å²) in [6, 6.07) is 5.41. The molecule has 2 aliphatic rings. The van der Waals surface area contributed by atoms with Crippen LogP contribution in [0.1, 0.15) is 12.0 Å². The molecule has 1 aliphatic carbocycles. The fourth-order valence-corrected chi connectivity index (χ4v) is 2.86. The lowest BCUT2D eigenvalue weighted by molar-refractivity contribution is -0.137. The first kappa shape index (κ1) is 15.3. The van der Waals surface area contributed by atoms with E-state index < -0.39 is 0 Å². The van der Waals surface area contributed by atoms with Crippen molar-refractivity contribution in [3.8, 4) is 0 Å². The number of hydrogen-bond donors (Lipinski definition) is 1. The van der Waals surface area contributed by atoms with Gasteiger partial charge in [0.1, 0.15) is 0 Å². The Morgan fingerprint density at radius 1 is 1.27 bits per heavy atom. The smallest absolute Gasteiger partial charge is 0.228 e. The van der Waals surface area contributed by atoms with E-state index in [0.29, 0.717) is 43.4 Å². The summed E-state index contributed by atoms with van der Waals surface area (Å²) in [6.45, 7) is 4.31. The first-order chi connectivity index (χ1) is 10.6. The van der Waals surface area contributed by atoms with Crippen LogP contribution in [0.3, 0.4) is 0 Å². The van der Waals surface area contributed by atoms with Gasteiger partial charge in [-0.2, -0.15) is 0 Å². The fraction of sp³-hybridized carbons (Fsp3) is 0.500. The van der Waals surface area contributed by atoms with Crippen molar-refractivity contribution in [2.75, 3.05) is 31.6 Å². The summed E-state index contributed by atoms with van der Waals surface area (Å²) < 4.78 is 5.24. The monoisotopic (exact) mass is 322 g/mol. The molecule has 1 aromatic carbocycles. The molecule has 2 unspecified atom stereocenters. The van der Waals surface area contributed by atoms with E-state index in [0.717, 1.165) is 5.56 Å². The Morgan fingerprint density at radius 3 is 2.68 bits per heavy atom. The maximum Gasteiger partial charge on any atom is 0.228 e. The summed E-state index contributed by atoms with van der Waals surface area (Å²) in [5.74, 6) is -0.439. The number of aryl methyl sites for hydroxylation is 1. The Kier molecular flexibility index (Phi) is 4.36. The maximum atomic E-state index is 12.3. The van der Waals surface area contributed by atoms with Gasteiger partial charge in [-0.15, -0.1) is 0 Å². The van der Waals surface area contributed by atoms with E-state index in [2.05, 4.69) is 5.32 Å². The summed E-state index contributed by atoms with van der Waals surface area (Å²) in [5, 5.41) is 3.46. The third-order valence-corrected chi connectivity index (χ3v) is 4.61. The van der Waals surface area contributed by atoms with Crippen molar-refractivity contribution in [3.63, 3.8) is 0 Å². The number of nitrogens with one attached hydrogen (secondary N) is 1. The molecule has 1 heterocycles. The molecule has 2 fully saturated rings. The van der Waals surface area contributed by atoms with Crippen molar-refractivity contribution in [2.45, 2.75) is 13.3 Å². The molecule has 5 nitrogen and oxygen atoms in total. The Morgan fingerprint density at radius 2 is 2.00 bits per heavy atom. The largest absolute Gasteiger partial charge is 0.378 e. The summed E-state index contributed by atoms with van der Waals surface area (Å²) in [6.07, 6.45) is 0.627. The summed E-state index contributed by atoms with van der Waals surface area (Å²) in [4.78, 5) is 26.3. The zero-order valence-electron chi connectivity index (χ0n) is 12.5. The molecule has 3 rings (SSSR count). The Balaban J connectivity index is 1.55. The minimum absolute atomic E-state index is 0.0744. The number of ether oxygens (including phenoxy) is 1. The maximum absolute atomic E-state index is 12.3. The highest BCUT2D eigenvalue weighted by Crippen LogP contribution is 2.41. The van der Waals surface area contributed by atoms with E-state index in [4.69, 9.17) is 16.3 Å². The second kappa shape index (κ2) is 6.26. The molecule has 1 saturated carbocycles. The van der Waals surface area contributed by atoms with Crippen LogP contribution in [0.25, 0.3) is 0 Å². The van der Waals surface area contributed by atoms with E-state index >= 15 is 0 Å². The molecule has 2 atom stereocenters. The molecule has 6 heteroatoms. The molecule has 1 aromatic rings. The highest BCUT2D eigenvalue weighted by molar-refractivity contribution is 6.31. The Hall–Kier alpha value is -1.59. The van der Waals surface area contributed by atoms with Gasteiger partial charge < -0.3 is 15.0 Å². The van der Waals surface area contributed by atoms with Gasteiger partial charge in [0.05, 0.1) is 25.0 Å². The number of amides is 2. The minimum atomic E-state index is -0.226. The number of hydrogen-bond acceptors (Lipinski definition) is 3. The Labute approximate surface area is 134 Å². The van der Waals surface area contributed by atoms with Crippen molar-refractivity contribution in [3.05, 3.63) is 28.8 Å². The van der Waals surface area contributed by atoms with Crippen LogP contribution >= 0.6 is 11.6 Å². The van der Waals surface area contributed by atoms with Crippen LogP contribution in [0.5, 0.6) is 0 Å². The zero-order valence-corrected chi connectivity index (χ0v) is 13.2. The lowest BCUT2D eigenvalue weighted by Crippen LogP contribution is -2.42. The van der Waals surface area contributed by atoms with Crippen LogP contribution in [-0.4, -0.2) is 43.0 Å². The standard InChI is InChI=1S/C16H19ClN2O3/c1-10-2-3-11(8-14(10)17)18-15(20)12-9-13(12)16(21)19-4-6-22-7-5-19/h2-3,8,12-13H,4-7,9H2,1H3,(H,18,20). The highest BCUT2D eigenvalue weighted by Gasteiger charge is 2.49. The van der Waals surface area contributed by atoms with Crippen LogP contribution in [0.15, 0.2) is 18.2 Å². The van der Waals surface area contributed by atoms with Crippen LogP contribution in [0.4, 0.5) is 5.69 Å². The predicted molar refractivity (Wildman–Crippen MR) is 83.8 cm³/mol. The Bertz CT molecular complexity index is 599. The molecular formula is C16H19ClN2O3. The summed E-state index contributed by atoms with van der Waals surface area (Å²) in [7, 11) is 0. The SMILES string of the molecule is Cc1ccc(NC(=O)C2CC2C(=O)N2CCOCC2)cc1Cl. The number of rotatable bonds is 3. The predicted octanol–water partition coefficient (Wildman–Crippen LogP) is 2.08. The van der Waals surface area contributed by atoms with Gasteiger partial charge in [0.15, 0.2) is 0 Å². The lowest BCUT2D eigenvalue weighted by atomic mass is 10.2. The second-order valence-corrected chi connectivity index (χ2v) is 6.25. The van der Waals surface area contributed by atoms with Crippen LogP contribution < -0.4 is 5.32 Å². The first-order valence-corrected chi connectivity index (χ1v) is 7.87. The number of nitrogens with zero attached hydrogens (tertiary/aromatic N) is 1. The minimum Gasteiger partial charge on any atom is -0.378 e. The van der Waals surface area contributed by atoms with E-state index in [1.54, 1.807) is 11.0 Å². The van der Waals surface area contributed by atoms with Gasteiger partial charge in [0.2, 0.25) is 11.8 Å². The quantitative estimate of drug-likeness (QED) is 0.927. The molecule has 0 spiro atoms. The van der Waals surface area contributed by atoms with Gasteiger partial charge in [-0.05, 0) is 31.0 Å². The number of morpholine rings is 1. The van der Waals surface area contributed by atoms with Crippen molar-refractivity contribution >= 4 is 29.1 Å². The van der Waals surface area contributed by atoms with Crippen molar-refractivity contribution in [2.24, 2.45) is 11.8 Å². The van der Waals surface area contributed by atoms with Crippen LogP contribution in [0, 0.1) is 18.8 Å². The molecule has 0 radical (unpaired) electrons. The zero-order chi connectivity index (χ0) is 15.7. The molecule has 118 valence electrons. The van der Waals surface area contributed by atoms with Crippen LogP contribution in [0.2, 0.25) is 5.02 Å². The first-order valence-electron chi connectivity index (χ1n) is 7.50. The second-order valence-electron chi connectivity index (χ2n) is 5.84. The van der Waals surface area contributed by atoms with Crippen molar-refractivity contribution in [1.29, 1.82) is 0 Å². The van der Waals surface area contributed by atoms with Gasteiger partial charge in [-0.25, -0.2) is 0 Å². The van der Waals surface area contributed by atoms with Crippen molar-refractivity contribution in [1.82, 2.24) is 4.90 Å². The third kappa shape index (κ3) is 3.25. The normalized spacial score (nSPS) is 24.0. The molecule has 22 heavy (non-hydrogen) atoms. The molecule has 1 saturated heterocycles. The molecule has 1 aliphatic heterocycles.